The van der Waals surface area contributed by atoms with Crippen molar-refractivity contribution in [3.63, 3.8) is 0 Å². The summed E-state index contributed by atoms with van der Waals surface area (Å²) in [5.74, 6) is -1.94. The molecular weight excluding hydrogens is 594 g/mol. The summed E-state index contributed by atoms with van der Waals surface area (Å²) in [7, 11) is -3.90. The summed E-state index contributed by atoms with van der Waals surface area (Å²) in [4.78, 5) is 37.0. The lowest BCUT2D eigenvalue weighted by atomic mass is 9.94. The number of ether oxygens (including phenoxy) is 1. The summed E-state index contributed by atoms with van der Waals surface area (Å²) in [6.45, 7) is 11.5. The van der Waals surface area contributed by atoms with Gasteiger partial charge in [0, 0.05) is 16.3 Å². The summed E-state index contributed by atoms with van der Waals surface area (Å²) in [6, 6.07) is 12.1. The second-order valence-corrected chi connectivity index (χ2v) is 13.3. The number of hydrogen-bond acceptors (Lipinski definition) is 6. The Bertz CT molecular complexity index is 1660. The van der Waals surface area contributed by atoms with Crippen LogP contribution in [0.4, 0.5) is 10.5 Å². The fourth-order valence-electron chi connectivity index (χ4n) is 4.43. The van der Waals surface area contributed by atoms with Gasteiger partial charge in [0.15, 0.2) is 0 Å². The molecule has 0 saturated heterocycles. The van der Waals surface area contributed by atoms with E-state index in [4.69, 9.17) is 16.3 Å². The molecule has 12 heteroatoms. The lowest BCUT2D eigenvalue weighted by molar-refractivity contribution is -0.139. The molecule has 230 valence electrons. The Morgan fingerprint density at radius 2 is 1.53 bits per heavy atom. The predicted octanol–water partition coefficient (Wildman–Crippen LogP) is 5.75. The molecule has 0 spiro atoms. The van der Waals surface area contributed by atoms with E-state index in [0.29, 0.717) is 38.5 Å². The monoisotopic (exact) mass is 629 g/mol. The number of sulfonamides is 1. The summed E-state index contributed by atoms with van der Waals surface area (Å²) in [5, 5.41) is 14.9. The van der Waals surface area contributed by atoms with Crippen molar-refractivity contribution in [1.29, 1.82) is 0 Å². The van der Waals surface area contributed by atoms with Crippen molar-refractivity contribution in [2.24, 2.45) is 0 Å². The number of aryl methyl sites for hydroxylation is 4. The number of nitrogens with one attached hydrogen (secondary N) is 3. The molecule has 0 fully saturated rings. The molecule has 0 saturated carbocycles. The highest BCUT2D eigenvalue weighted by atomic mass is 35.5. The number of benzene rings is 3. The van der Waals surface area contributed by atoms with Gasteiger partial charge in [-0.05, 0) is 106 Å². The largest absolute Gasteiger partial charge is 0.480 e. The highest BCUT2D eigenvalue weighted by molar-refractivity contribution is 7.92. The highest BCUT2D eigenvalue weighted by Crippen LogP contribution is 2.30. The fraction of sp³-hybridized carbons (Fsp3) is 0.323. The topological polar surface area (TPSA) is 151 Å². The van der Waals surface area contributed by atoms with Crippen molar-refractivity contribution in [2.45, 2.75) is 65.0 Å². The molecule has 43 heavy (non-hydrogen) atoms. The van der Waals surface area contributed by atoms with Crippen molar-refractivity contribution in [1.82, 2.24) is 10.6 Å². The van der Waals surface area contributed by atoms with Gasteiger partial charge in [-0.25, -0.2) is 18.0 Å². The molecule has 3 aromatic carbocycles. The van der Waals surface area contributed by atoms with Gasteiger partial charge in [-0.1, -0.05) is 35.9 Å². The van der Waals surface area contributed by atoms with E-state index in [1.54, 1.807) is 84.9 Å². The Labute approximate surface area is 256 Å². The van der Waals surface area contributed by atoms with E-state index < -0.39 is 39.6 Å². The van der Waals surface area contributed by atoms with Crippen LogP contribution in [0.25, 0.3) is 11.1 Å². The average molecular weight is 630 g/mol. The van der Waals surface area contributed by atoms with E-state index in [0.717, 1.165) is 5.56 Å². The molecule has 3 aromatic rings. The zero-order valence-electron chi connectivity index (χ0n) is 25.1. The summed E-state index contributed by atoms with van der Waals surface area (Å²) in [6.07, 6.45) is -0.798. The normalized spacial score (nSPS) is 12.3. The van der Waals surface area contributed by atoms with E-state index >= 15 is 0 Å². The number of halogens is 1. The molecule has 0 aliphatic rings. The molecule has 10 nitrogen and oxygen atoms in total. The second-order valence-electron chi connectivity index (χ2n) is 11.3. The minimum Gasteiger partial charge on any atom is -0.480 e. The number of carboxylic acid groups (broad SMARTS) is 1. The molecule has 3 rings (SSSR count). The number of anilines is 1. The van der Waals surface area contributed by atoms with Gasteiger partial charge in [-0.3, -0.25) is 9.52 Å². The first kappa shape index (κ1) is 33.4. The van der Waals surface area contributed by atoms with Gasteiger partial charge in [-0.2, -0.15) is 0 Å². The van der Waals surface area contributed by atoms with Crippen molar-refractivity contribution in [3.8, 4) is 11.1 Å². The number of aliphatic carboxylic acids is 1. The van der Waals surface area contributed by atoms with Crippen LogP contribution in [0, 0.1) is 27.7 Å². The molecular formula is C31H36ClN3O7S. The van der Waals surface area contributed by atoms with Crippen LogP contribution >= 0.6 is 11.6 Å². The third kappa shape index (κ3) is 8.71. The molecule has 0 aliphatic carbocycles. The molecule has 0 bridgehead atoms. The van der Waals surface area contributed by atoms with Gasteiger partial charge in [-0.15, -0.1) is 0 Å². The van der Waals surface area contributed by atoms with Crippen molar-refractivity contribution in [2.75, 3.05) is 11.3 Å². The first-order chi connectivity index (χ1) is 19.9. The molecule has 0 aliphatic heterocycles. The summed E-state index contributed by atoms with van der Waals surface area (Å²) >= 11 is 6.14. The van der Waals surface area contributed by atoms with E-state index in [1.165, 1.54) is 6.07 Å². The van der Waals surface area contributed by atoms with Crippen molar-refractivity contribution < 1.29 is 32.6 Å². The molecule has 1 atom stereocenters. The average Bonchev–Trinajstić information content (AvgIpc) is 2.86. The lowest BCUT2D eigenvalue weighted by Gasteiger charge is -2.21. The fourth-order valence-corrected chi connectivity index (χ4v) is 6.01. The number of alkyl carbamates (subject to hydrolysis) is 1. The summed E-state index contributed by atoms with van der Waals surface area (Å²) in [5.41, 5.74) is 3.63. The number of rotatable bonds is 9. The van der Waals surface area contributed by atoms with Crippen LogP contribution in [-0.2, 0) is 19.6 Å². The van der Waals surface area contributed by atoms with E-state index in [-0.39, 0.29) is 17.0 Å². The van der Waals surface area contributed by atoms with Gasteiger partial charge >= 0.3 is 12.1 Å². The minimum absolute atomic E-state index is 0.128. The van der Waals surface area contributed by atoms with Gasteiger partial charge in [0.05, 0.1) is 11.4 Å². The molecule has 2 amide bonds. The Hall–Kier alpha value is -4.09. The van der Waals surface area contributed by atoms with Gasteiger partial charge in [0.1, 0.15) is 11.6 Å². The number of hydrogen-bond donors (Lipinski definition) is 4. The number of amides is 2. The van der Waals surface area contributed by atoms with Crippen LogP contribution < -0.4 is 15.4 Å². The van der Waals surface area contributed by atoms with Crippen molar-refractivity contribution >= 4 is 45.3 Å². The van der Waals surface area contributed by atoms with Gasteiger partial charge in [0.25, 0.3) is 15.9 Å². The van der Waals surface area contributed by atoms with E-state index in [2.05, 4.69) is 15.4 Å². The van der Waals surface area contributed by atoms with Crippen LogP contribution in [0.2, 0.25) is 5.02 Å². The predicted molar refractivity (Wildman–Crippen MR) is 166 cm³/mol. The Kier molecular flexibility index (Phi) is 10.1. The van der Waals surface area contributed by atoms with Crippen molar-refractivity contribution in [3.05, 3.63) is 81.4 Å². The first-order valence-corrected chi connectivity index (χ1v) is 15.3. The number of carbonyl (C=O) groups is 3. The smallest absolute Gasteiger partial charge is 0.407 e. The molecule has 0 radical (unpaired) electrons. The number of carbonyl (C=O) groups excluding carboxylic acids is 2. The third-order valence-electron chi connectivity index (χ3n) is 6.41. The standard InChI is InChI=1S/C31H36ClN3O7S/c1-17-14-26(18(2)13-24(17)32)43(40,41)35-23-10-8-9-21(15-23)22-11-19(3)27(20(4)12-22)28(36)34-25(29(37)38)16-33-30(39)42-31(5,6)7/h8-15,25,35H,16H2,1-7H3,(H,33,39)(H,34,36)(H,37,38)/t25-/m1/s1. The highest BCUT2D eigenvalue weighted by Gasteiger charge is 2.25. The maximum Gasteiger partial charge on any atom is 0.407 e. The molecule has 0 heterocycles. The Balaban J connectivity index is 1.81. The van der Waals surface area contributed by atoms with Crippen LogP contribution in [0.3, 0.4) is 0 Å². The maximum absolute atomic E-state index is 13.2. The van der Waals surface area contributed by atoms with Crippen LogP contribution in [0.1, 0.15) is 53.4 Å². The van der Waals surface area contributed by atoms with Crippen LogP contribution in [-0.4, -0.2) is 49.7 Å². The van der Waals surface area contributed by atoms with E-state index in [9.17, 15) is 27.9 Å². The maximum atomic E-state index is 13.2. The van der Waals surface area contributed by atoms with Crippen LogP contribution in [0.15, 0.2) is 53.4 Å². The zero-order chi connectivity index (χ0) is 32.3. The SMILES string of the molecule is Cc1cc(S(=O)(=O)Nc2cccc(-c3cc(C)c(C(=O)N[C@H](CNC(=O)OC(C)(C)C)C(=O)O)c(C)c3)c2)c(C)cc1Cl. The first-order valence-electron chi connectivity index (χ1n) is 13.4. The van der Waals surface area contributed by atoms with Gasteiger partial charge in [0.2, 0.25) is 0 Å². The summed E-state index contributed by atoms with van der Waals surface area (Å²) < 4.78 is 34.1. The van der Waals surface area contributed by atoms with E-state index in [1.807, 2.05) is 6.07 Å². The quantitative estimate of drug-likeness (QED) is 0.235. The van der Waals surface area contributed by atoms with Gasteiger partial charge < -0.3 is 20.5 Å². The molecule has 0 unspecified atom stereocenters. The molecule has 4 N–H and O–H groups in total. The molecule has 0 aromatic heterocycles. The number of carboxylic acids is 1. The third-order valence-corrected chi connectivity index (χ3v) is 8.34. The Morgan fingerprint density at radius 3 is 2.12 bits per heavy atom. The lowest BCUT2D eigenvalue weighted by Crippen LogP contribution is -2.49. The van der Waals surface area contributed by atoms with Crippen LogP contribution in [0.5, 0.6) is 0 Å². The zero-order valence-corrected chi connectivity index (χ0v) is 26.7. The second kappa shape index (κ2) is 13.0. The minimum atomic E-state index is -3.90. The Morgan fingerprint density at radius 1 is 0.907 bits per heavy atom.